The Labute approximate surface area is 166 Å². The summed E-state index contributed by atoms with van der Waals surface area (Å²) >= 11 is 6.16. The van der Waals surface area contributed by atoms with Crippen molar-refractivity contribution in [1.29, 1.82) is 0 Å². The SMILES string of the molecule is CCOC(=O)[C@@]1(Cc2cccc(Cl)c2)CCCN(Cc2cnn(CC)c2)C1. The van der Waals surface area contributed by atoms with Gasteiger partial charge in [-0.3, -0.25) is 14.4 Å². The van der Waals surface area contributed by atoms with Crippen LogP contribution in [0.15, 0.2) is 36.7 Å². The summed E-state index contributed by atoms with van der Waals surface area (Å²) in [5.74, 6) is -0.0982. The summed E-state index contributed by atoms with van der Waals surface area (Å²) in [6.07, 6.45) is 6.46. The lowest BCUT2D eigenvalue weighted by molar-refractivity contribution is -0.159. The van der Waals surface area contributed by atoms with E-state index >= 15 is 0 Å². The lowest BCUT2D eigenvalue weighted by Gasteiger charge is -2.41. The minimum absolute atomic E-state index is 0.0982. The van der Waals surface area contributed by atoms with E-state index in [-0.39, 0.29) is 5.97 Å². The monoisotopic (exact) mass is 389 g/mol. The van der Waals surface area contributed by atoms with Gasteiger partial charge in [0.05, 0.1) is 18.2 Å². The van der Waals surface area contributed by atoms with Crippen molar-refractivity contribution < 1.29 is 9.53 Å². The molecule has 6 heteroatoms. The van der Waals surface area contributed by atoms with E-state index < -0.39 is 5.41 Å². The number of ether oxygens (including phenoxy) is 1. The van der Waals surface area contributed by atoms with Gasteiger partial charge in [0.1, 0.15) is 0 Å². The molecule has 0 unspecified atom stereocenters. The average Bonchev–Trinajstić information content (AvgIpc) is 3.10. The molecule has 2 heterocycles. The van der Waals surface area contributed by atoms with Gasteiger partial charge in [-0.2, -0.15) is 5.10 Å². The van der Waals surface area contributed by atoms with Crippen LogP contribution in [0.2, 0.25) is 5.02 Å². The Hall–Kier alpha value is -1.85. The maximum absolute atomic E-state index is 13.0. The number of rotatable bonds is 7. The lowest BCUT2D eigenvalue weighted by Crippen LogP contribution is -2.49. The summed E-state index contributed by atoms with van der Waals surface area (Å²) in [6.45, 7) is 7.68. The normalized spacial score (nSPS) is 20.6. The van der Waals surface area contributed by atoms with Gasteiger partial charge in [0.25, 0.3) is 0 Å². The fourth-order valence-corrected chi connectivity index (χ4v) is 4.20. The molecule has 5 nitrogen and oxygen atoms in total. The molecule has 146 valence electrons. The van der Waals surface area contributed by atoms with Gasteiger partial charge in [0.2, 0.25) is 0 Å². The van der Waals surface area contributed by atoms with Crippen LogP contribution in [0.3, 0.4) is 0 Å². The molecular weight excluding hydrogens is 362 g/mol. The van der Waals surface area contributed by atoms with Crippen LogP contribution >= 0.6 is 11.6 Å². The molecule has 1 fully saturated rings. The number of hydrogen-bond acceptors (Lipinski definition) is 4. The number of piperidine rings is 1. The highest BCUT2D eigenvalue weighted by atomic mass is 35.5. The van der Waals surface area contributed by atoms with E-state index in [4.69, 9.17) is 16.3 Å². The summed E-state index contributed by atoms with van der Waals surface area (Å²) in [7, 11) is 0. The Kier molecular flexibility index (Phi) is 6.55. The topological polar surface area (TPSA) is 47.4 Å². The molecule has 0 spiro atoms. The Morgan fingerprint density at radius 1 is 1.33 bits per heavy atom. The Morgan fingerprint density at radius 2 is 2.19 bits per heavy atom. The van der Waals surface area contributed by atoms with Crippen LogP contribution in [-0.4, -0.2) is 40.3 Å². The first-order valence-corrected chi connectivity index (χ1v) is 10.1. The van der Waals surface area contributed by atoms with Gasteiger partial charge < -0.3 is 4.74 Å². The Balaban J connectivity index is 1.79. The maximum Gasteiger partial charge on any atom is 0.313 e. The van der Waals surface area contributed by atoms with Crippen molar-refractivity contribution in [3.63, 3.8) is 0 Å². The van der Waals surface area contributed by atoms with Gasteiger partial charge in [0, 0.05) is 36.4 Å². The maximum atomic E-state index is 13.0. The minimum Gasteiger partial charge on any atom is -0.466 e. The minimum atomic E-state index is -0.528. The van der Waals surface area contributed by atoms with Gasteiger partial charge in [0.15, 0.2) is 0 Å². The number of likely N-dealkylation sites (tertiary alicyclic amines) is 1. The third-order valence-electron chi connectivity index (χ3n) is 5.21. The predicted octanol–water partition coefficient (Wildman–Crippen LogP) is 3.94. The number of esters is 1. The molecule has 1 aromatic heterocycles. The number of aromatic nitrogens is 2. The second-order valence-electron chi connectivity index (χ2n) is 7.33. The number of halogens is 1. The molecule has 1 aromatic carbocycles. The fraction of sp³-hybridized carbons (Fsp3) is 0.524. The first-order chi connectivity index (χ1) is 13.0. The quantitative estimate of drug-likeness (QED) is 0.673. The summed E-state index contributed by atoms with van der Waals surface area (Å²) in [4.78, 5) is 15.3. The molecule has 1 saturated heterocycles. The number of benzene rings is 1. The third kappa shape index (κ3) is 4.90. The first-order valence-electron chi connectivity index (χ1n) is 9.70. The first kappa shape index (κ1) is 19.9. The number of carbonyl (C=O) groups is 1. The molecule has 0 bridgehead atoms. The number of carbonyl (C=O) groups excluding carboxylic acids is 1. The van der Waals surface area contributed by atoms with Gasteiger partial charge in [-0.05, 0) is 57.4 Å². The highest BCUT2D eigenvalue weighted by Crippen LogP contribution is 2.36. The summed E-state index contributed by atoms with van der Waals surface area (Å²) in [5.41, 5.74) is 1.73. The molecule has 2 aromatic rings. The Morgan fingerprint density at radius 3 is 2.89 bits per heavy atom. The summed E-state index contributed by atoms with van der Waals surface area (Å²) in [5, 5.41) is 5.06. The van der Waals surface area contributed by atoms with Crippen LogP contribution in [0.4, 0.5) is 0 Å². The Bertz CT molecular complexity index is 776. The highest BCUT2D eigenvalue weighted by molar-refractivity contribution is 6.30. The van der Waals surface area contributed by atoms with E-state index in [9.17, 15) is 4.79 Å². The zero-order valence-electron chi connectivity index (χ0n) is 16.2. The van der Waals surface area contributed by atoms with E-state index in [1.807, 2.05) is 42.1 Å². The molecule has 1 aliphatic heterocycles. The van der Waals surface area contributed by atoms with Crippen LogP contribution < -0.4 is 0 Å². The molecule has 0 N–H and O–H groups in total. The van der Waals surface area contributed by atoms with E-state index in [0.29, 0.717) is 24.6 Å². The van der Waals surface area contributed by atoms with Crippen molar-refractivity contribution in [2.45, 2.75) is 46.2 Å². The van der Waals surface area contributed by atoms with Crippen LogP contribution in [0.1, 0.15) is 37.8 Å². The standard InChI is InChI=1S/C21H28ClN3O2/c1-3-25-15-18(13-23-25)14-24-10-6-9-21(16-24,20(26)27-4-2)12-17-7-5-8-19(22)11-17/h5,7-8,11,13,15H,3-4,6,9-10,12,14,16H2,1-2H3/t21-/m1/s1. The van der Waals surface area contributed by atoms with E-state index in [0.717, 1.165) is 38.0 Å². The number of nitrogens with zero attached hydrogens (tertiary/aromatic N) is 3. The fourth-order valence-electron chi connectivity index (χ4n) is 3.99. The second kappa shape index (κ2) is 8.89. The van der Waals surface area contributed by atoms with Crippen LogP contribution in [0, 0.1) is 5.41 Å². The van der Waals surface area contributed by atoms with Crippen LogP contribution in [0.25, 0.3) is 0 Å². The summed E-state index contributed by atoms with van der Waals surface area (Å²) in [6, 6.07) is 7.79. The molecule has 3 rings (SSSR count). The lowest BCUT2D eigenvalue weighted by atomic mass is 9.75. The van der Waals surface area contributed by atoms with Crippen molar-refractivity contribution in [3.8, 4) is 0 Å². The third-order valence-corrected chi connectivity index (χ3v) is 5.45. The number of hydrogen-bond donors (Lipinski definition) is 0. The molecule has 0 amide bonds. The molecule has 1 aliphatic rings. The van der Waals surface area contributed by atoms with Crippen molar-refractivity contribution in [3.05, 3.63) is 52.8 Å². The van der Waals surface area contributed by atoms with Crippen LogP contribution in [-0.2, 0) is 29.0 Å². The van der Waals surface area contributed by atoms with Gasteiger partial charge in [-0.15, -0.1) is 0 Å². The highest BCUT2D eigenvalue weighted by Gasteiger charge is 2.43. The number of aryl methyl sites for hydroxylation is 1. The van der Waals surface area contributed by atoms with Crippen molar-refractivity contribution in [1.82, 2.24) is 14.7 Å². The zero-order valence-corrected chi connectivity index (χ0v) is 16.9. The molecule has 0 aliphatic carbocycles. The largest absolute Gasteiger partial charge is 0.466 e. The van der Waals surface area contributed by atoms with Gasteiger partial charge in [-0.1, -0.05) is 23.7 Å². The van der Waals surface area contributed by atoms with Crippen molar-refractivity contribution in [2.24, 2.45) is 5.41 Å². The van der Waals surface area contributed by atoms with E-state index in [1.54, 1.807) is 0 Å². The average molecular weight is 390 g/mol. The van der Waals surface area contributed by atoms with Crippen molar-refractivity contribution >= 4 is 17.6 Å². The van der Waals surface area contributed by atoms with Crippen LogP contribution in [0.5, 0.6) is 0 Å². The smallest absolute Gasteiger partial charge is 0.313 e. The molecule has 0 radical (unpaired) electrons. The molecular formula is C21H28ClN3O2. The van der Waals surface area contributed by atoms with Crippen molar-refractivity contribution in [2.75, 3.05) is 19.7 Å². The predicted molar refractivity (Wildman–Crippen MR) is 107 cm³/mol. The molecule has 1 atom stereocenters. The summed E-state index contributed by atoms with van der Waals surface area (Å²) < 4.78 is 7.43. The molecule has 0 saturated carbocycles. The van der Waals surface area contributed by atoms with Gasteiger partial charge in [-0.25, -0.2) is 0 Å². The van der Waals surface area contributed by atoms with Gasteiger partial charge >= 0.3 is 5.97 Å². The van der Waals surface area contributed by atoms with E-state index in [1.165, 1.54) is 5.56 Å². The second-order valence-corrected chi connectivity index (χ2v) is 7.76. The zero-order chi connectivity index (χ0) is 19.3. The molecule has 27 heavy (non-hydrogen) atoms. The van der Waals surface area contributed by atoms with E-state index in [2.05, 4.69) is 23.1 Å².